The third-order valence-electron chi connectivity index (χ3n) is 6.66. The molecule has 1 unspecified atom stereocenters. The average Bonchev–Trinajstić information content (AvgIpc) is 3.53. The van der Waals surface area contributed by atoms with Crippen LogP contribution in [0.25, 0.3) is 0 Å². The minimum Gasteiger partial charge on any atom is -0.390 e. The van der Waals surface area contributed by atoms with E-state index in [9.17, 15) is 24.6 Å². The summed E-state index contributed by atoms with van der Waals surface area (Å²) in [6.07, 6.45) is 8.30. The van der Waals surface area contributed by atoms with Gasteiger partial charge < -0.3 is 19.8 Å². The van der Waals surface area contributed by atoms with Crippen molar-refractivity contribution in [3.8, 4) is 0 Å². The van der Waals surface area contributed by atoms with Crippen molar-refractivity contribution in [2.24, 2.45) is 0 Å². The number of amides is 4. The molecule has 9 heteroatoms. The van der Waals surface area contributed by atoms with E-state index in [1.165, 1.54) is 43.4 Å². The fourth-order valence-corrected chi connectivity index (χ4v) is 4.50. The molecule has 2 aliphatic heterocycles. The van der Waals surface area contributed by atoms with Gasteiger partial charge in [0, 0.05) is 12.5 Å². The molecule has 0 radical (unpaired) electrons. The van der Waals surface area contributed by atoms with Crippen molar-refractivity contribution in [1.82, 2.24) is 15.1 Å². The first-order valence-corrected chi connectivity index (χ1v) is 12.4. The van der Waals surface area contributed by atoms with E-state index in [4.69, 9.17) is 4.74 Å². The lowest BCUT2D eigenvalue weighted by molar-refractivity contribution is -0.146. The van der Waals surface area contributed by atoms with Gasteiger partial charge in [-0.05, 0) is 19.3 Å². The monoisotopic (exact) mass is 453 g/mol. The Balaban J connectivity index is 1.38. The molecule has 0 aromatic carbocycles. The van der Waals surface area contributed by atoms with Crippen LogP contribution in [0.15, 0.2) is 0 Å². The number of imide groups is 1. The van der Waals surface area contributed by atoms with E-state index in [2.05, 4.69) is 12.2 Å². The molecule has 4 atom stereocenters. The van der Waals surface area contributed by atoms with Crippen LogP contribution in [-0.2, 0) is 9.53 Å². The van der Waals surface area contributed by atoms with E-state index in [0.717, 1.165) is 32.1 Å². The second-order valence-corrected chi connectivity index (χ2v) is 9.40. The number of urea groups is 2. The number of aliphatic hydroxyl groups is 2. The number of carbonyl (C=O) groups is 3. The highest BCUT2D eigenvalue weighted by Crippen LogP contribution is 2.31. The van der Waals surface area contributed by atoms with E-state index in [-0.39, 0.29) is 19.1 Å². The van der Waals surface area contributed by atoms with Gasteiger partial charge in [-0.3, -0.25) is 15.0 Å². The summed E-state index contributed by atoms with van der Waals surface area (Å²) in [6, 6.07) is -0.892. The summed E-state index contributed by atoms with van der Waals surface area (Å²) in [4.78, 5) is 39.8. The van der Waals surface area contributed by atoms with Gasteiger partial charge in [0.15, 0.2) is 5.78 Å². The molecule has 0 aromatic rings. The Morgan fingerprint density at radius 1 is 1.03 bits per heavy atom. The normalized spacial score (nSPS) is 27.0. The van der Waals surface area contributed by atoms with Crippen molar-refractivity contribution in [2.75, 3.05) is 6.67 Å². The van der Waals surface area contributed by atoms with Gasteiger partial charge in [0.2, 0.25) is 0 Å². The van der Waals surface area contributed by atoms with E-state index in [1.54, 1.807) is 4.90 Å². The van der Waals surface area contributed by atoms with Gasteiger partial charge in [-0.25, -0.2) is 9.59 Å². The first kappa shape index (κ1) is 24.9. The average molecular weight is 454 g/mol. The third-order valence-corrected chi connectivity index (χ3v) is 6.66. The molecule has 9 nitrogen and oxygen atoms in total. The van der Waals surface area contributed by atoms with Gasteiger partial charge in [0.05, 0.1) is 6.10 Å². The molecule has 0 bridgehead atoms. The largest absolute Gasteiger partial charge is 0.390 e. The van der Waals surface area contributed by atoms with Gasteiger partial charge in [0.25, 0.3) is 0 Å². The first-order valence-electron chi connectivity index (χ1n) is 12.4. The Labute approximate surface area is 190 Å². The summed E-state index contributed by atoms with van der Waals surface area (Å²) in [6.45, 7) is 2.28. The maximum Gasteiger partial charge on any atom is 0.328 e. The molecule has 3 N–H and O–H groups in total. The van der Waals surface area contributed by atoms with Gasteiger partial charge in [-0.1, -0.05) is 64.7 Å². The van der Waals surface area contributed by atoms with E-state index >= 15 is 0 Å². The Kier molecular flexibility index (Phi) is 9.31. The molecule has 3 fully saturated rings. The zero-order chi connectivity index (χ0) is 23.1. The number of ether oxygens (including phenoxy) is 1. The highest BCUT2D eigenvalue weighted by Gasteiger charge is 2.47. The number of hydrogen-bond donors (Lipinski definition) is 3. The summed E-state index contributed by atoms with van der Waals surface area (Å²) >= 11 is 0. The second kappa shape index (κ2) is 12.0. The lowest BCUT2D eigenvalue weighted by Crippen LogP contribution is -2.62. The Hall–Kier alpha value is -1.71. The Morgan fingerprint density at radius 3 is 2.25 bits per heavy atom. The van der Waals surface area contributed by atoms with Crippen LogP contribution in [0.5, 0.6) is 0 Å². The molecule has 1 saturated carbocycles. The van der Waals surface area contributed by atoms with E-state index in [1.807, 2.05) is 0 Å². The fraction of sp³-hybridized carbons (Fsp3) is 0.870. The molecule has 3 aliphatic rings. The molecule has 4 amide bonds. The van der Waals surface area contributed by atoms with E-state index < -0.39 is 42.4 Å². The van der Waals surface area contributed by atoms with Crippen molar-refractivity contribution >= 4 is 17.8 Å². The summed E-state index contributed by atoms with van der Waals surface area (Å²) in [5.41, 5.74) is 0. The molecule has 182 valence electrons. The van der Waals surface area contributed by atoms with Crippen LogP contribution in [0, 0.1) is 0 Å². The Morgan fingerprint density at radius 2 is 1.62 bits per heavy atom. The van der Waals surface area contributed by atoms with Crippen LogP contribution in [0.4, 0.5) is 9.59 Å². The smallest absolute Gasteiger partial charge is 0.328 e. The highest BCUT2D eigenvalue weighted by atomic mass is 16.5. The summed E-state index contributed by atoms with van der Waals surface area (Å²) < 4.78 is 5.71. The molecular weight excluding hydrogens is 414 g/mol. The highest BCUT2D eigenvalue weighted by molar-refractivity contribution is 5.96. The minimum absolute atomic E-state index is 0.0707. The standard InChI is InChI=1S/C23H39N3O6/c1-2-3-4-5-6-7-8-9-10-11-17(27)20(29)21-18(28)14-19(32-21)26-15-25(16-12-13-16)22(30)24-23(26)31/h16-19,21,27-28H,2-15H2,1H3,(H,24,30,31)/t17?,18-,19+,21-/m0/s1. The number of nitrogens with one attached hydrogen (secondary N) is 1. The Bertz CT molecular complexity index is 656. The zero-order valence-corrected chi connectivity index (χ0v) is 19.2. The molecule has 1 aliphatic carbocycles. The van der Waals surface area contributed by atoms with Crippen LogP contribution in [0.2, 0.25) is 0 Å². The van der Waals surface area contributed by atoms with Gasteiger partial charge in [-0.2, -0.15) is 0 Å². The fourth-order valence-electron chi connectivity index (χ4n) is 4.50. The second-order valence-electron chi connectivity index (χ2n) is 9.40. The molecular formula is C23H39N3O6. The minimum atomic E-state index is -1.18. The number of aliphatic hydroxyl groups excluding tert-OH is 2. The van der Waals surface area contributed by atoms with Crippen LogP contribution in [0.3, 0.4) is 0 Å². The quantitative estimate of drug-likeness (QED) is 0.348. The summed E-state index contributed by atoms with van der Waals surface area (Å²) in [5.74, 6) is -0.535. The lowest BCUT2D eigenvalue weighted by Gasteiger charge is -2.38. The van der Waals surface area contributed by atoms with E-state index in [0.29, 0.717) is 6.42 Å². The number of nitrogens with zero attached hydrogens (tertiary/aromatic N) is 2. The van der Waals surface area contributed by atoms with Crippen LogP contribution < -0.4 is 5.32 Å². The maximum absolute atomic E-state index is 12.6. The summed E-state index contributed by atoms with van der Waals surface area (Å²) in [7, 11) is 0. The van der Waals surface area contributed by atoms with Crippen LogP contribution >= 0.6 is 0 Å². The number of hydrogen-bond acceptors (Lipinski definition) is 6. The number of unbranched alkanes of at least 4 members (excludes halogenated alkanes) is 8. The number of carbonyl (C=O) groups excluding carboxylic acids is 3. The summed E-state index contributed by atoms with van der Waals surface area (Å²) in [5, 5.41) is 23.0. The zero-order valence-electron chi connectivity index (χ0n) is 19.2. The predicted octanol–water partition coefficient (Wildman–Crippen LogP) is 2.88. The number of ketones is 1. The molecule has 32 heavy (non-hydrogen) atoms. The predicted molar refractivity (Wildman–Crippen MR) is 118 cm³/mol. The van der Waals surface area contributed by atoms with Crippen molar-refractivity contribution in [3.63, 3.8) is 0 Å². The van der Waals surface area contributed by atoms with Crippen LogP contribution in [-0.4, -0.2) is 75.1 Å². The third kappa shape index (κ3) is 6.65. The number of rotatable bonds is 14. The lowest BCUT2D eigenvalue weighted by atomic mass is 9.99. The first-order chi connectivity index (χ1) is 15.4. The topological polar surface area (TPSA) is 119 Å². The molecule has 2 saturated heterocycles. The molecule has 3 rings (SSSR count). The van der Waals surface area contributed by atoms with Crippen molar-refractivity contribution in [3.05, 3.63) is 0 Å². The van der Waals surface area contributed by atoms with Crippen molar-refractivity contribution in [1.29, 1.82) is 0 Å². The number of Topliss-reactive ketones (excluding diaryl/α,β-unsaturated/α-hetero) is 1. The van der Waals surface area contributed by atoms with Crippen molar-refractivity contribution in [2.45, 2.75) is 121 Å². The maximum atomic E-state index is 12.6. The molecule has 0 aromatic heterocycles. The van der Waals surface area contributed by atoms with Gasteiger partial charge in [0.1, 0.15) is 25.1 Å². The van der Waals surface area contributed by atoms with Crippen molar-refractivity contribution < 1.29 is 29.3 Å². The van der Waals surface area contributed by atoms with Gasteiger partial charge in [-0.15, -0.1) is 0 Å². The van der Waals surface area contributed by atoms with Crippen LogP contribution in [0.1, 0.15) is 90.4 Å². The molecule has 0 spiro atoms. The molecule has 2 heterocycles. The van der Waals surface area contributed by atoms with Gasteiger partial charge >= 0.3 is 12.1 Å². The SMILES string of the molecule is CCCCCCCCCCCC(O)C(=O)[C@H]1O[C@@H](N2CN(C3CC3)C(=O)NC2=O)C[C@@H]1O.